The Bertz CT molecular complexity index is 966. The van der Waals surface area contributed by atoms with E-state index in [1.165, 1.54) is 5.56 Å². The Hall–Kier alpha value is -2.69. The number of carbonyl (C=O) groups is 2. The van der Waals surface area contributed by atoms with Gasteiger partial charge in [0.05, 0.1) is 24.6 Å². The Morgan fingerprint density at radius 3 is 2.96 bits per heavy atom. The zero-order valence-electron chi connectivity index (χ0n) is 13.4. The molecule has 0 fully saturated rings. The van der Waals surface area contributed by atoms with Gasteiger partial charge in [0, 0.05) is 35.0 Å². The number of aromatic nitrogens is 1. The molecule has 0 radical (unpaired) electrons. The van der Waals surface area contributed by atoms with Crippen LogP contribution < -0.4 is 0 Å². The number of hydrogen-bond acceptors (Lipinski definition) is 4. The van der Waals surface area contributed by atoms with Gasteiger partial charge >= 0.3 is 0 Å². The molecule has 0 amide bonds. The van der Waals surface area contributed by atoms with E-state index in [2.05, 4.69) is 28.1 Å². The zero-order chi connectivity index (χ0) is 16.4. The van der Waals surface area contributed by atoms with E-state index in [0.29, 0.717) is 25.2 Å². The number of benzene rings is 1. The Balaban J connectivity index is 1.89. The van der Waals surface area contributed by atoms with Crippen LogP contribution in [-0.4, -0.2) is 40.3 Å². The highest BCUT2D eigenvalue weighted by Gasteiger charge is 2.41. The van der Waals surface area contributed by atoms with E-state index in [1.807, 2.05) is 30.0 Å². The highest BCUT2D eigenvalue weighted by Crippen LogP contribution is 2.42. The lowest BCUT2D eigenvalue weighted by Gasteiger charge is -2.37. The Morgan fingerprint density at radius 1 is 1.21 bits per heavy atom. The average Bonchev–Trinajstić information content (AvgIpc) is 2.98. The molecule has 5 nitrogen and oxygen atoms in total. The van der Waals surface area contributed by atoms with Gasteiger partial charge in [-0.1, -0.05) is 25.1 Å². The van der Waals surface area contributed by atoms with Gasteiger partial charge in [-0.3, -0.25) is 14.6 Å². The lowest BCUT2D eigenvalue weighted by molar-refractivity contribution is -0.136. The third-order valence-corrected chi connectivity index (χ3v) is 5.41. The highest BCUT2D eigenvalue weighted by molar-refractivity contribution is 6.53. The van der Waals surface area contributed by atoms with Crippen LogP contribution in [-0.2, 0) is 9.59 Å². The van der Waals surface area contributed by atoms with E-state index < -0.39 is 0 Å². The zero-order valence-corrected chi connectivity index (χ0v) is 13.4. The van der Waals surface area contributed by atoms with Crippen molar-refractivity contribution in [3.8, 4) is 0 Å². The molecule has 5 heteroatoms. The first-order valence-electron chi connectivity index (χ1n) is 8.34. The third-order valence-electron chi connectivity index (χ3n) is 5.41. The lowest BCUT2D eigenvalue weighted by atomic mass is 9.88. The van der Waals surface area contributed by atoms with Gasteiger partial charge in [0.25, 0.3) is 0 Å². The molecule has 120 valence electrons. The van der Waals surface area contributed by atoms with Crippen LogP contribution in [0, 0.1) is 5.92 Å². The topological polar surface area (TPSA) is 54.7 Å². The summed E-state index contributed by atoms with van der Waals surface area (Å²) in [5, 5.41) is 1.09. The molecule has 2 aliphatic heterocycles. The summed E-state index contributed by atoms with van der Waals surface area (Å²) in [7, 11) is 0. The smallest absolute Gasteiger partial charge is 0.247 e. The molecule has 0 N–H and O–H groups in total. The third kappa shape index (κ3) is 1.62. The minimum atomic E-state index is -0.362. The number of fused-ring (bicyclic) bond motifs is 4. The van der Waals surface area contributed by atoms with Crippen molar-refractivity contribution < 1.29 is 9.59 Å². The first-order valence-corrected chi connectivity index (χ1v) is 8.34. The molecule has 1 aromatic carbocycles. The fraction of sp³-hybridized carbons (Fsp3) is 0.316. The molecule has 0 saturated heterocycles. The Kier molecular flexibility index (Phi) is 2.66. The van der Waals surface area contributed by atoms with E-state index in [9.17, 15) is 9.59 Å². The van der Waals surface area contributed by atoms with Gasteiger partial charge in [0.1, 0.15) is 5.70 Å². The van der Waals surface area contributed by atoms with Gasteiger partial charge in [-0.15, -0.1) is 0 Å². The number of nitrogens with zero attached hydrogens (tertiary/aromatic N) is 3. The normalized spacial score (nSPS) is 25.8. The van der Waals surface area contributed by atoms with Crippen molar-refractivity contribution in [3.63, 3.8) is 0 Å². The van der Waals surface area contributed by atoms with E-state index in [-0.39, 0.29) is 23.5 Å². The molecule has 3 heterocycles. The summed E-state index contributed by atoms with van der Waals surface area (Å²) < 4.78 is 1.93. The van der Waals surface area contributed by atoms with Gasteiger partial charge in [-0.25, -0.2) is 0 Å². The monoisotopic (exact) mass is 319 g/mol. The van der Waals surface area contributed by atoms with Crippen molar-refractivity contribution >= 4 is 34.4 Å². The Morgan fingerprint density at radius 2 is 2.08 bits per heavy atom. The van der Waals surface area contributed by atoms with Gasteiger partial charge in [-0.05, 0) is 12.5 Å². The molecule has 1 aliphatic carbocycles. The fourth-order valence-electron chi connectivity index (χ4n) is 4.24. The van der Waals surface area contributed by atoms with Crippen LogP contribution in [0.25, 0.3) is 16.6 Å². The molecule has 2 aromatic rings. The first-order chi connectivity index (χ1) is 11.7. The molecule has 2 atom stereocenters. The average molecular weight is 319 g/mol. The maximum Gasteiger partial charge on any atom is 0.247 e. The molecular weight excluding hydrogens is 302 g/mol. The van der Waals surface area contributed by atoms with E-state index in [1.54, 1.807) is 0 Å². The van der Waals surface area contributed by atoms with E-state index in [4.69, 9.17) is 0 Å². The molecule has 24 heavy (non-hydrogen) atoms. The number of hydrogen-bond donors (Lipinski definition) is 0. The number of carbonyl (C=O) groups excluding carboxylic acids is 2. The largest absolute Gasteiger partial charge is 0.359 e. The van der Waals surface area contributed by atoms with Crippen LogP contribution in [0.3, 0.4) is 0 Å². The highest BCUT2D eigenvalue weighted by atomic mass is 16.2. The quantitative estimate of drug-likeness (QED) is 0.701. The molecule has 0 bridgehead atoms. The molecule has 2 unspecified atom stereocenters. The van der Waals surface area contributed by atoms with Crippen LogP contribution in [0.15, 0.2) is 41.2 Å². The van der Waals surface area contributed by atoms with Crippen molar-refractivity contribution in [1.82, 2.24) is 9.47 Å². The lowest BCUT2D eigenvalue weighted by Crippen LogP contribution is -2.40. The predicted octanol–water partition coefficient (Wildman–Crippen LogP) is 2.43. The summed E-state index contributed by atoms with van der Waals surface area (Å²) in [4.78, 5) is 32.0. The summed E-state index contributed by atoms with van der Waals surface area (Å²) in [6, 6.07) is 8.35. The van der Waals surface area contributed by atoms with Gasteiger partial charge in [-0.2, -0.15) is 0 Å². The number of allylic oxidation sites excluding steroid dienone is 2. The number of ketones is 2. The van der Waals surface area contributed by atoms with Crippen molar-refractivity contribution in [2.45, 2.75) is 19.4 Å². The van der Waals surface area contributed by atoms with Gasteiger partial charge in [0.15, 0.2) is 0 Å². The van der Waals surface area contributed by atoms with Crippen LogP contribution in [0.2, 0.25) is 0 Å². The second kappa shape index (κ2) is 4.66. The second-order valence-electron chi connectivity index (χ2n) is 6.78. The van der Waals surface area contributed by atoms with E-state index >= 15 is 0 Å². The number of Topliss-reactive ketones (excluding diaryl/α,β-unsaturated/α-hetero) is 2. The Labute approximate surface area is 139 Å². The van der Waals surface area contributed by atoms with Crippen molar-refractivity contribution in [2.24, 2.45) is 10.9 Å². The molecule has 3 aliphatic rings. The van der Waals surface area contributed by atoms with Crippen molar-refractivity contribution in [3.05, 3.63) is 41.7 Å². The standard InChI is InChI=1S/C19H17N3O2/c1-11-9-14-17(19(24)18(11)23)22-7-5-12-3-2-4-13(16(12)22)15-10-20-6-8-21(14)15/h2-7,11,15H,8-10H2,1H3. The summed E-state index contributed by atoms with van der Waals surface area (Å²) in [6.07, 6.45) is 4.44. The minimum absolute atomic E-state index is 0.119. The molecule has 0 saturated carbocycles. The fourth-order valence-corrected chi connectivity index (χ4v) is 4.24. The van der Waals surface area contributed by atoms with Crippen molar-refractivity contribution in [1.29, 1.82) is 0 Å². The number of rotatable bonds is 0. The summed E-state index contributed by atoms with van der Waals surface area (Å²) >= 11 is 0. The van der Waals surface area contributed by atoms with Gasteiger partial charge < -0.3 is 9.47 Å². The van der Waals surface area contributed by atoms with Gasteiger partial charge in [0.2, 0.25) is 11.6 Å². The van der Waals surface area contributed by atoms with Crippen LogP contribution in [0.4, 0.5) is 0 Å². The van der Waals surface area contributed by atoms with Crippen LogP contribution in [0.1, 0.15) is 24.9 Å². The second-order valence-corrected chi connectivity index (χ2v) is 6.78. The molecular formula is C19H17N3O2. The predicted molar refractivity (Wildman–Crippen MR) is 91.8 cm³/mol. The number of aliphatic imine (C=N–C) groups is 1. The maximum atomic E-state index is 12.9. The summed E-state index contributed by atoms with van der Waals surface area (Å²) in [5.74, 6) is -0.903. The maximum absolute atomic E-state index is 12.9. The van der Waals surface area contributed by atoms with Crippen LogP contribution in [0.5, 0.6) is 0 Å². The van der Waals surface area contributed by atoms with Crippen LogP contribution >= 0.6 is 0 Å². The summed E-state index contributed by atoms with van der Waals surface area (Å²) in [6.45, 7) is 3.21. The molecule has 1 aromatic heterocycles. The summed E-state index contributed by atoms with van der Waals surface area (Å²) in [5.41, 5.74) is 3.73. The number of para-hydroxylation sites is 1. The molecule has 0 spiro atoms. The minimum Gasteiger partial charge on any atom is -0.359 e. The van der Waals surface area contributed by atoms with E-state index in [0.717, 1.165) is 16.6 Å². The molecule has 5 rings (SSSR count). The van der Waals surface area contributed by atoms with Crippen molar-refractivity contribution in [2.75, 3.05) is 13.1 Å². The SMILES string of the molecule is CC1CC2=C(C(=O)C1=O)n1ccc3cccc(c31)C1CN=CCN21. The first kappa shape index (κ1) is 13.7.